The largest absolute Gasteiger partial charge is 0.493 e. The number of hydrogen-bond donors (Lipinski definition) is 0. The zero-order valence-corrected chi connectivity index (χ0v) is 17.4. The van der Waals surface area contributed by atoms with E-state index in [0.29, 0.717) is 11.3 Å². The van der Waals surface area contributed by atoms with Crippen molar-refractivity contribution >= 4 is 23.0 Å². The molecule has 0 saturated carbocycles. The van der Waals surface area contributed by atoms with E-state index in [1.165, 1.54) is 7.11 Å². The lowest BCUT2D eigenvalue weighted by Crippen LogP contribution is -2.33. The van der Waals surface area contributed by atoms with Crippen molar-refractivity contribution in [3.8, 4) is 11.5 Å². The van der Waals surface area contributed by atoms with Crippen LogP contribution in [0.3, 0.4) is 0 Å². The van der Waals surface area contributed by atoms with Gasteiger partial charge in [0.1, 0.15) is 0 Å². The highest BCUT2D eigenvalue weighted by atomic mass is 32.1. The number of hydrogen-bond acceptors (Lipinski definition) is 7. The third kappa shape index (κ3) is 3.02. The van der Waals surface area contributed by atoms with Gasteiger partial charge >= 0.3 is 5.97 Å². The first-order valence-electron chi connectivity index (χ1n) is 9.61. The van der Waals surface area contributed by atoms with Gasteiger partial charge in [0.2, 0.25) is 6.23 Å². The molecule has 5 rings (SSSR count). The Bertz CT molecular complexity index is 1110. The van der Waals surface area contributed by atoms with E-state index >= 15 is 0 Å². The third-order valence-corrected chi connectivity index (χ3v) is 6.34. The highest BCUT2D eigenvalue weighted by Crippen LogP contribution is 2.50. The summed E-state index contributed by atoms with van der Waals surface area (Å²) >= 11 is 1.68. The van der Waals surface area contributed by atoms with Crippen LogP contribution in [0.4, 0.5) is 0 Å². The predicted octanol–water partition coefficient (Wildman–Crippen LogP) is 4.79. The molecule has 1 aromatic heterocycles. The maximum Gasteiger partial charge on any atom is 0.337 e. The maximum absolute atomic E-state index is 11.8. The van der Waals surface area contributed by atoms with Gasteiger partial charge in [-0.15, -0.1) is 11.3 Å². The van der Waals surface area contributed by atoms with Crippen LogP contribution in [0, 0.1) is 0 Å². The second-order valence-corrected chi connectivity index (χ2v) is 8.03. The van der Waals surface area contributed by atoms with Crippen molar-refractivity contribution in [3.05, 3.63) is 81.5 Å². The molecule has 2 aliphatic heterocycles. The molecule has 0 N–H and O–H groups in total. The number of esters is 1. The summed E-state index contributed by atoms with van der Waals surface area (Å²) in [5, 5.41) is 9.02. The Balaban J connectivity index is 1.58. The Morgan fingerprint density at radius 1 is 1.13 bits per heavy atom. The average Bonchev–Trinajstić information content (AvgIpc) is 3.47. The quantitative estimate of drug-likeness (QED) is 0.568. The van der Waals surface area contributed by atoms with E-state index in [1.54, 1.807) is 30.6 Å². The van der Waals surface area contributed by atoms with Gasteiger partial charge in [-0.1, -0.05) is 30.3 Å². The molecular weight excluding hydrogens is 400 g/mol. The fourth-order valence-corrected chi connectivity index (χ4v) is 4.68. The van der Waals surface area contributed by atoms with Crippen LogP contribution in [0.5, 0.6) is 11.5 Å². The van der Waals surface area contributed by atoms with Crippen LogP contribution in [0.25, 0.3) is 0 Å². The summed E-state index contributed by atoms with van der Waals surface area (Å²) in [5.74, 6) is 1.08. The van der Waals surface area contributed by atoms with Crippen LogP contribution < -0.4 is 9.47 Å². The summed E-state index contributed by atoms with van der Waals surface area (Å²) in [6.45, 7) is 0. The number of rotatable bonds is 4. The summed E-state index contributed by atoms with van der Waals surface area (Å²) < 4.78 is 16.8. The second-order valence-electron chi connectivity index (χ2n) is 7.09. The molecule has 0 fully saturated rings. The number of ether oxygens (including phenoxy) is 3. The number of nitrogens with zero attached hydrogens (tertiary/aromatic N) is 2. The SMILES string of the molecule is COC(=O)c1ccc([C@H]2Oc3c(OC)cccc3[C@H]3CC(c4cccs4)=NN32)cc1. The molecule has 2 aromatic carbocycles. The maximum atomic E-state index is 11.8. The highest BCUT2D eigenvalue weighted by molar-refractivity contribution is 7.12. The molecule has 2 atom stereocenters. The van der Waals surface area contributed by atoms with E-state index in [2.05, 4.69) is 17.5 Å². The molecule has 2 aliphatic rings. The zero-order chi connectivity index (χ0) is 20.7. The number of hydrazone groups is 1. The first-order chi connectivity index (χ1) is 14.7. The predicted molar refractivity (Wildman–Crippen MR) is 114 cm³/mol. The lowest BCUT2D eigenvalue weighted by Gasteiger charge is -2.38. The fourth-order valence-electron chi connectivity index (χ4n) is 3.96. The summed E-state index contributed by atoms with van der Waals surface area (Å²) in [5.41, 5.74) is 3.51. The first-order valence-corrected chi connectivity index (χ1v) is 10.5. The number of carbonyl (C=O) groups excluding carboxylic acids is 1. The minimum Gasteiger partial charge on any atom is -0.493 e. The number of para-hydroxylation sites is 1. The van der Waals surface area contributed by atoms with Crippen molar-refractivity contribution in [2.45, 2.75) is 18.7 Å². The van der Waals surface area contributed by atoms with Crippen LogP contribution in [-0.2, 0) is 4.74 Å². The first kappa shape index (κ1) is 18.7. The number of thiophene rings is 1. The summed E-state index contributed by atoms with van der Waals surface area (Å²) in [4.78, 5) is 13.0. The summed E-state index contributed by atoms with van der Waals surface area (Å²) in [7, 11) is 3.02. The molecule has 152 valence electrons. The molecular formula is C23H20N2O4S. The van der Waals surface area contributed by atoms with Crippen molar-refractivity contribution in [2.24, 2.45) is 5.10 Å². The number of fused-ring (bicyclic) bond motifs is 3. The van der Waals surface area contributed by atoms with E-state index in [4.69, 9.17) is 19.3 Å². The second kappa shape index (κ2) is 7.50. The molecule has 0 radical (unpaired) electrons. The molecule has 3 heterocycles. The Labute approximate surface area is 178 Å². The van der Waals surface area contributed by atoms with Gasteiger partial charge in [0, 0.05) is 17.5 Å². The molecule has 7 heteroatoms. The Morgan fingerprint density at radius 3 is 2.67 bits per heavy atom. The minimum absolute atomic E-state index is 0.0474. The van der Waals surface area contributed by atoms with Gasteiger partial charge in [-0.3, -0.25) is 0 Å². The summed E-state index contributed by atoms with van der Waals surface area (Å²) in [6.07, 6.45) is 0.365. The topological polar surface area (TPSA) is 60.4 Å². The average molecular weight is 420 g/mol. The molecule has 30 heavy (non-hydrogen) atoms. The molecule has 0 spiro atoms. The van der Waals surface area contributed by atoms with Crippen molar-refractivity contribution in [3.63, 3.8) is 0 Å². The lowest BCUT2D eigenvalue weighted by molar-refractivity contribution is -0.0209. The molecule has 0 aliphatic carbocycles. The van der Waals surface area contributed by atoms with Gasteiger partial charge < -0.3 is 14.2 Å². The number of methoxy groups -OCH3 is 2. The van der Waals surface area contributed by atoms with Crippen LogP contribution in [-0.4, -0.2) is 30.9 Å². The van der Waals surface area contributed by atoms with E-state index in [-0.39, 0.29) is 12.0 Å². The third-order valence-electron chi connectivity index (χ3n) is 5.42. The normalized spacial score (nSPS) is 19.4. The van der Waals surface area contributed by atoms with Crippen LogP contribution in [0.15, 0.2) is 65.1 Å². The number of carbonyl (C=O) groups is 1. The summed E-state index contributed by atoms with van der Waals surface area (Å²) in [6, 6.07) is 17.4. The van der Waals surface area contributed by atoms with E-state index in [0.717, 1.165) is 33.9 Å². The molecule has 0 amide bonds. The smallest absolute Gasteiger partial charge is 0.337 e. The molecule has 3 aromatic rings. The molecule has 0 saturated heterocycles. The van der Waals surface area contributed by atoms with Crippen LogP contribution >= 0.6 is 11.3 Å². The van der Waals surface area contributed by atoms with Gasteiger partial charge in [0.25, 0.3) is 0 Å². The molecule has 6 nitrogen and oxygen atoms in total. The molecule has 0 bridgehead atoms. The van der Waals surface area contributed by atoms with Crippen LogP contribution in [0.1, 0.15) is 45.1 Å². The Hall–Kier alpha value is -3.32. The van der Waals surface area contributed by atoms with E-state index in [9.17, 15) is 4.79 Å². The van der Waals surface area contributed by atoms with Crippen molar-refractivity contribution in [1.82, 2.24) is 5.01 Å². The van der Waals surface area contributed by atoms with Crippen molar-refractivity contribution in [1.29, 1.82) is 0 Å². The highest BCUT2D eigenvalue weighted by Gasteiger charge is 2.42. The van der Waals surface area contributed by atoms with Gasteiger partial charge in [-0.25, -0.2) is 9.80 Å². The van der Waals surface area contributed by atoms with Gasteiger partial charge in [0.15, 0.2) is 11.5 Å². The monoisotopic (exact) mass is 420 g/mol. The Morgan fingerprint density at radius 2 is 1.97 bits per heavy atom. The number of benzene rings is 2. The van der Waals surface area contributed by atoms with Gasteiger partial charge in [0.05, 0.1) is 36.4 Å². The van der Waals surface area contributed by atoms with E-state index < -0.39 is 6.23 Å². The molecule has 0 unspecified atom stereocenters. The zero-order valence-electron chi connectivity index (χ0n) is 16.6. The lowest BCUT2D eigenvalue weighted by atomic mass is 9.97. The van der Waals surface area contributed by atoms with Crippen LogP contribution in [0.2, 0.25) is 0 Å². The van der Waals surface area contributed by atoms with Gasteiger partial charge in [-0.2, -0.15) is 5.10 Å². The fraction of sp³-hybridized carbons (Fsp3) is 0.217. The Kier molecular flexibility index (Phi) is 4.67. The van der Waals surface area contributed by atoms with Crippen molar-refractivity contribution in [2.75, 3.05) is 14.2 Å². The minimum atomic E-state index is -0.428. The van der Waals surface area contributed by atoms with Crippen molar-refractivity contribution < 1.29 is 19.0 Å². The standard InChI is InChI=1S/C23H20N2O4S/c1-27-19-6-3-5-16-18-13-17(20-7-4-12-30-20)24-25(18)22(29-21(16)19)14-8-10-15(11-9-14)23(26)28-2/h3-12,18,22H,13H2,1-2H3/t18-,22-/m1/s1. The van der Waals surface area contributed by atoms with E-state index in [1.807, 2.05) is 35.3 Å². The van der Waals surface area contributed by atoms with Gasteiger partial charge in [-0.05, 0) is 29.6 Å².